The van der Waals surface area contributed by atoms with E-state index in [0.717, 1.165) is 17.9 Å². The Hall–Kier alpha value is -2.60. The third-order valence-electron chi connectivity index (χ3n) is 4.27. The molecule has 0 aliphatic carbocycles. The Bertz CT molecular complexity index is 768. The lowest BCUT2D eigenvalue weighted by atomic mass is 10.1. The molecule has 1 saturated heterocycles. The zero-order valence-electron chi connectivity index (χ0n) is 14.5. The molecule has 0 saturated carbocycles. The molecule has 0 spiro atoms. The quantitative estimate of drug-likeness (QED) is 0.861. The molecule has 1 aliphatic heterocycles. The molecule has 2 aromatic rings. The zero-order valence-corrected chi connectivity index (χ0v) is 14.5. The van der Waals surface area contributed by atoms with Crippen molar-refractivity contribution in [2.24, 2.45) is 0 Å². The Kier molecular flexibility index (Phi) is 5.19. The minimum Gasteiger partial charge on any atom is -0.464 e. The van der Waals surface area contributed by atoms with Crippen molar-refractivity contribution in [3.63, 3.8) is 0 Å². The van der Waals surface area contributed by atoms with Gasteiger partial charge in [0.25, 0.3) is 0 Å². The number of ether oxygens (including phenoxy) is 1. The van der Waals surface area contributed by atoms with E-state index in [9.17, 15) is 9.59 Å². The first kappa shape index (κ1) is 17.2. The number of carbonyl (C=O) groups excluding carboxylic acids is 2. The van der Waals surface area contributed by atoms with Crippen LogP contribution in [0.15, 0.2) is 40.8 Å². The molecule has 2 heterocycles. The Balaban J connectivity index is 1.76. The number of aryl methyl sites for hydroxylation is 1. The summed E-state index contributed by atoms with van der Waals surface area (Å²) in [7, 11) is 0. The summed E-state index contributed by atoms with van der Waals surface area (Å²) < 4.78 is 11.3. The number of hydrogen-bond donors (Lipinski definition) is 1. The summed E-state index contributed by atoms with van der Waals surface area (Å²) in [6.07, 6.45) is 0.803. The zero-order chi connectivity index (χ0) is 17.8. The van der Waals surface area contributed by atoms with Gasteiger partial charge < -0.3 is 19.4 Å². The van der Waals surface area contributed by atoms with Gasteiger partial charge in [-0.2, -0.15) is 0 Å². The molecule has 6 heteroatoms. The third kappa shape index (κ3) is 3.91. The van der Waals surface area contributed by atoms with E-state index in [0.29, 0.717) is 31.0 Å². The molecule has 6 nitrogen and oxygen atoms in total. The van der Waals surface area contributed by atoms with Crippen molar-refractivity contribution in [3.05, 3.63) is 53.5 Å². The second kappa shape index (κ2) is 7.53. The van der Waals surface area contributed by atoms with E-state index < -0.39 is 0 Å². The average molecular weight is 342 g/mol. The van der Waals surface area contributed by atoms with Crippen LogP contribution in [0.4, 0.5) is 10.5 Å². The lowest BCUT2D eigenvalue weighted by Crippen LogP contribution is -2.45. The molecule has 1 fully saturated rings. The first-order valence-corrected chi connectivity index (χ1v) is 8.43. The molecular formula is C19H22N2O4. The highest BCUT2D eigenvalue weighted by Gasteiger charge is 2.31. The molecule has 132 valence electrons. The number of benzene rings is 1. The van der Waals surface area contributed by atoms with Gasteiger partial charge in [-0.25, -0.2) is 4.79 Å². The number of nitrogens with one attached hydrogen (secondary N) is 1. The van der Waals surface area contributed by atoms with Gasteiger partial charge in [-0.05, 0) is 31.2 Å². The largest absolute Gasteiger partial charge is 0.464 e. The van der Waals surface area contributed by atoms with Crippen LogP contribution in [0.5, 0.6) is 0 Å². The smallest absolute Gasteiger partial charge is 0.322 e. The van der Waals surface area contributed by atoms with Crippen LogP contribution < -0.4 is 5.32 Å². The monoisotopic (exact) mass is 342 g/mol. The van der Waals surface area contributed by atoms with E-state index in [2.05, 4.69) is 5.32 Å². The number of amides is 2. The SMILES string of the molecule is CCc1ccc([C@H]2COCCN2C(=O)Nc2cccc(C(C)=O)c2)o1. The molecule has 1 aromatic carbocycles. The van der Waals surface area contributed by atoms with Crippen molar-refractivity contribution < 1.29 is 18.7 Å². The van der Waals surface area contributed by atoms with Crippen molar-refractivity contribution in [2.45, 2.75) is 26.3 Å². The Morgan fingerprint density at radius 3 is 2.84 bits per heavy atom. The molecule has 1 atom stereocenters. The number of nitrogens with zero attached hydrogens (tertiary/aromatic N) is 1. The number of anilines is 1. The van der Waals surface area contributed by atoms with Crippen LogP contribution >= 0.6 is 0 Å². The van der Waals surface area contributed by atoms with Crippen molar-refractivity contribution in [1.29, 1.82) is 0 Å². The molecule has 25 heavy (non-hydrogen) atoms. The van der Waals surface area contributed by atoms with Gasteiger partial charge in [0.2, 0.25) is 0 Å². The maximum absolute atomic E-state index is 12.7. The minimum atomic E-state index is -0.259. The highest BCUT2D eigenvalue weighted by atomic mass is 16.5. The summed E-state index contributed by atoms with van der Waals surface area (Å²) in [5.41, 5.74) is 1.16. The van der Waals surface area contributed by atoms with Gasteiger partial charge in [0.05, 0.1) is 13.2 Å². The standard InChI is InChI=1S/C19H22N2O4/c1-3-16-7-8-18(25-16)17-12-24-10-9-21(17)19(23)20-15-6-4-5-14(11-15)13(2)22/h4-8,11,17H,3,9-10,12H2,1-2H3,(H,20,23)/t17-/m1/s1. The first-order chi connectivity index (χ1) is 12.1. The van der Waals surface area contributed by atoms with Crippen molar-refractivity contribution >= 4 is 17.5 Å². The van der Waals surface area contributed by atoms with Crippen molar-refractivity contribution in [3.8, 4) is 0 Å². The topological polar surface area (TPSA) is 71.8 Å². The maximum Gasteiger partial charge on any atom is 0.322 e. The Morgan fingerprint density at radius 2 is 2.12 bits per heavy atom. The van der Waals surface area contributed by atoms with Gasteiger partial charge in [-0.1, -0.05) is 19.1 Å². The van der Waals surface area contributed by atoms with E-state index in [4.69, 9.17) is 9.15 Å². The van der Waals surface area contributed by atoms with Crippen LogP contribution in [0, 0.1) is 0 Å². The van der Waals surface area contributed by atoms with Crippen LogP contribution in [0.3, 0.4) is 0 Å². The molecule has 0 unspecified atom stereocenters. The number of Topliss-reactive ketones (excluding diaryl/α,β-unsaturated/α-hetero) is 1. The van der Waals surface area contributed by atoms with Gasteiger partial charge in [-0.15, -0.1) is 0 Å². The fraction of sp³-hybridized carbons (Fsp3) is 0.368. The number of hydrogen-bond acceptors (Lipinski definition) is 4. The van der Waals surface area contributed by atoms with E-state index in [1.165, 1.54) is 6.92 Å². The van der Waals surface area contributed by atoms with E-state index in [-0.39, 0.29) is 17.9 Å². The van der Waals surface area contributed by atoms with Crippen LogP contribution in [0.2, 0.25) is 0 Å². The fourth-order valence-electron chi connectivity index (χ4n) is 2.86. The summed E-state index contributed by atoms with van der Waals surface area (Å²) in [6.45, 7) is 4.88. The highest BCUT2D eigenvalue weighted by Crippen LogP contribution is 2.27. The summed E-state index contributed by atoms with van der Waals surface area (Å²) in [5, 5.41) is 2.86. The normalized spacial score (nSPS) is 17.4. The summed E-state index contributed by atoms with van der Waals surface area (Å²) >= 11 is 0. The third-order valence-corrected chi connectivity index (χ3v) is 4.27. The molecular weight excluding hydrogens is 320 g/mol. The summed E-state index contributed by atoms with van der Waals surface area (Å²) in [6, 6.07) is 10.3. The van der Waals surface area contributed by atoms with Crippen LogP contribution in [0.1, 0.15) is 41.8 Å². The Labute approximate surface area is 146 Å². The number of rotatable bonds is 4. The lowest BCUT2D eigenvalue weighted by Gasteiger charge is -2.34. The second-order valence-electron chi connectivity index (χ2n) is 6.01. The maximum atomic E-state index is 12.7. The highest BCUT2D eigenvalue weighted by molar-refractivity contribution is 5.96. The molecule has 3 rings (SSSR count). The predicted octanol–water partition coefficient (Wildman–Crippen LogP) is 3.65. The van der Waals surface area contributed by atoms with Gasteiger partial charge in [0, 0.05) is 24.2 Å². The van der Waals surface area contributed by atoms with Crippen LogP contribution in [-0.2, 0) is 11.2 Å². The molecule has 1 aromatic heterocycles. The second-order valence-corrected chi connectivity index (χ2v) is 6.01. The minimum absolute atomic E-state index is 0.0389. The molecule has 0 radical (unpaired) electrons. The summed E-state index contributed by atoms with van der Waals surface area (Å²) in [5.74, 6) is 1.57. The van der Waals surface area contributed by atoms with E-state index in [1.54, 1.807) is 29.2 Å². The van der Waals surface area contributed by atoms with Crippen molar-refractivity contribution in [1.82, 2.24) is 4.90 Å². The van der Waals surface area contributed by atoms with Crippen molar-refractivity contribution in [2.75, 3.05) is 25.1 Å². The number of furan rings is 1. The fourth-order valence-corrected chi connectivity index (χ4v) is 2.86. The van der Waals surface area contributed by atoms with Gasteiger partial charge in [0.1, 0.15) is 17.6 Å². The molecule has 1 aliphatic rings. The number of urea groups is 1. The Morgan fingerprint density at radius 1 is 1.28 bits per heavy atom. The number of morpholine rings is 1. The number of ketones is 1. The molecule has 2 amide bonds. The van der Waals surface area contributed by atoms with Gasteiger partial charge >= 0.3 is 6.03 Å². The molecule has 0 bridgehead atoms. The van der Waals surface area contributed by atoms with Gasteiger partial charge in [0.15, 0.2) is 5.78 Å². The first-order valence-electron chi connectivity index (χ1n) is 8.43. The van der Waals surface area contributed by atoms with Crippen LogP contribution in [-0.4, -0.2) is 36.5 Å². The average Bonchev–Trinajstić information content (AvgIpc) is 3.11. The lowest BCUT2D eigenvalue weighted by molar-refractivity contribution is 0.00702. The van der Waals surface area contributed by atoms with Crippen LogP contribution in [0.25, 0.3) is 0 Å². The summed E-state index contributed by atoms with van der Waals surface area (Å²) in [4.78, 5) is 26.0. The predicted molar refractivity (Wildman–Crippen MR) is 93.8 cm³/mol. The number of carbonyl (C=O) groups is 2. The molecule has 1 N–H and O–H groups in total. The van der Waals surface area contributed by atoms with E-state index >= 15 is 0 Å². The van der Waals surface area contributed by atoms with Gasteiger partial charge in [-0.3, -0.25) is 4.79 Å². The van der Waals surface area contributed by atoms with E-state index in [1.807, 2.05) is 19.1 Å².